The van der Waals surface area contributed by atoms with Crippen LogP contribution in [0.4, 0.5) is 5.69 Å². The molecule has 0 bridgehead atoms. The second kappa shape index (κ2) is 7.17. The van der Waals surface area contributed by atoms with E-state index in [0.717, 1.165) is 0 Å². The molecule has 0 aliphatic rings. The molecule has 1 aromatic rings. The number of esters is 1. The lowest BCUT2D eigenvalue weighted by Gasteiger charge is -2.13. The van der Waals surface area contributed by atoms with Gasteiger partial charge in [-0.25, -0.2) is 4.79 Å². The van der Waals surface area contributed by atoms with E-state index in [1.165, 1.54) is 6.92 Å². The molecule has 0 aromatic heterocycles. The fourth-order valence-electron chi connectivity index (χ4n) is 1.48. The Morgan fingerprint density at radius 3 is 2.47 bits per heavy atom. The largest absolute Gasteiger partial charge is 0.458 e. The number of amides is 1. The Hall–Kier alpha value is -2.35. The molecule has 1 N–H and O–H groups in total. The van der Waals surface area contributed by atoms with Crippen molar-refractivity contribution in [3.8, 4) is 6.07 Å². The summed E-state index contributed by atoms with van der Waals surface area (Å²) in [5.41, 5.74) is 1.01. The van der Waals surface area contributed by atoms with Crippen LogP contribution in [-0.2, 0) is 9.53 Å². The molecule has 0 fully saturated rings. The second-order valence-corrected chi connectivity index (χ2v) is 4.06. The topological polar surface area (TPSA) is 79.2 Å². The Labute approximate surface area is 112 Å². The summed E-state index contributed by atoms with van der Waals surface area (Å²) in [4.78, 5) is 22.7. The van der Waals surface area contributed by atoms with Gasteiger partial charge in [0.15, 0.2) is 0 Å². The third-order valence-corrected chi connectivity index (χ3v) is 2.49. The summed E-state index contributed by atoms with van der Waals surface area (Å²) in [6, 6.07) is 8.39. The number of benzene rings is 1. The van der Waals surface area contributed by atoms with Gasteiger partial charge >= 0.3 is 5.97 Å². The lowest BCUT2D eigenvalue weighted by Crippen LogP contribution is -2.17. The lowest BCUT2D eigenvalue weighted by molar-refractivity contribution is -0.114. The van der Waals surface area contributed by atoms with Crippen LogP contribution in [0, 0.1) is 11.3 Å². The molecule has 1 amide bonds. The maximum atomic E-state index is 11.8. The molecule has 0 unspecified atom stereocenters. The molecule has 0 spiro atoms. The summed E-state index contributed by atoms with van der Waals surface area (Å²) in [5.74, 6) is -0.633. The predicted molar refractivity (Wildman–Crippen MR) is 70.5 cm³/mol. The van der Waals surface area contributed by atoms with Crippen LogP contribution < -0.4 is 5.32 Å². The van der Waals surface area contributed by atoms with E-state index in [-0.39, 0.29) is 18.4 Å². The fraction of sp³-hybridized carbons (Fsp3) is 0.357. The van der Waals surface area contributed by atoms with Crippen LogP contribution in [0.5, 0.6) is 0 Å². The predicted octanol–water partition coefficient (Wildman–Crippen LogP) is 2.49. The highest BCUT2D eigenvalue weighted by Crippen LogP contribution is 2.13. The SMILES string of the molecule is CC[C@@H](CC#N)OC(=O)c1ccc(NC(C)=O)cc1. The molecule has 100 valence electrons. The van der Waals surface area contributed by atoms with Gasteiger partial charge in [0.2, 0.25) is 5.91 Å². The summed E-state index contributed by atoms with van der Waals surface area (Å²) in [6.07, 6.45) is 0.405. The molecule has 1 aromatic carbocycles. The molecular formula is C14H16N2O3. The van der Waals surface area contributed by atoms with Gasteiger partial charge in [0.05, 0.1) is 18.1 Å². The number of nitriles is 1. The third-order valence-electron chi connectivity index (χ3n) is 2.49. The van der Waals surface area contributed by atoms with E-state index in [2.05, 4.69) is 5.32 Å². The molecule has 0 heterocycles. The Morgan fingerprint density at radius 1 is 1.37 bits per heavy atom. The van der Waals surface area contributed by atoms with E-state index < -0.39 is 5.97 Å². The van der Waals surface area contributed by atoms with Gasteiger partial charge in [-0.3, -0.25) is 4.79 Å². The van der Waals surface area contributed by atoms with Crippen molar-refractivity contribution in [2.45, 2.75) is 32.8 Å². The zero-order valence-electron chi connectivity index (χ0n) is 11.0. The number of nitrogens with zero attached hydrogens (tertiary/aromatic N) is 1. The van der Waals surface area contributed by atoms with Crippen LogP contribution in [0.3, 0.4) is 0 Å². The van der Waals surface area contributed by atoms with E-state index >= 15 is 0 Å². The summed E-state index contributed by atoms with van der Waals surface area (Å²) >= 11 is 0. The normalized spacial score (nSPS) is 11.2. The molecule has 0 saturated heterocycles. The zero-order chi connectivity index (χ0) is 14.3. The maximum Gasteiger partial charge on any atom is 0.338 e. The Kier molecular flexibility index (Phi) is 5.55. The summed E-state index contributed by atoms with van der Waals surface area (Å²) in [6.45, 7) is 3.27. The van der Waals surface area contributed by atoms with Gasteiger partial charge in [-0.15, -0.1) is 0 Å². The number of anilines is 1. The highest BCUT2D eigenvalue weighted by atomic mass is 16.5. The minimum absolute atomic E-state index is 0.171. The minimum Gasteiger partial charge on any atom is -0.458 e. The van der Waals surface area contributed by atoms with E-state index in [9.17, 15) is 9.59 Å². The van der Waals surface area contributed by atoms with Crippen molar-refractivity contribution in [1.29, 1.82) is 5.26 Å². The van der Waals surface area contributed by atoms with E-state index in [4.69, 9.17) is 10.00 Å². The van der Waals surface area contributed by atoms with E-state index in [1.54, 1.807) is 24.3 Å². The minimum atomic E-state index is -0.462. The first kappa shape index (κ1) is 14.7. The molecule has 1 rings (SSSR count). The van der Waals surface area contributed by atoms with Crippen LogP contribution in [0.25, 0.3) is 0 Å². The summed E-state index contributed by atoms with van der Waals surface area (Å²) in [5, 5.41) is 11.2. The van der Waals surface area contributed by atoms with Crippen molar-refractivity contribution in [3.63, 3.8) is 0 Å². The van der Waals surface area contributed by atoms with Crippen molar-refractivity contribution in [2.75, 3.05) is 5.32 Å². The average Bonchev–Trinajstić information content (AvgIpc) is 2.38. The molecule has 0 saturated carbocycles. The van der Waals surface area contributed by atoms with Crippen molar-refractivity contribution in [1.82, 2.24) is 0 Å². The molecule has 0 aliphatic heterocycles. The van der Waals surface area contributed by atoms with Crippen LogP contribution in [0.15, 0.2) is 24.3 Å². The quantitative estimate of drug-likeness (QED) is 0.825. The standard InChI is InChI=1S/C14H16N2O3/c1-3-13(8-9-15)19-14(18)11-4-6-12(7-5-11)16-10(2)17/h4-7,13H,3,8H2,1-2H3,(H,16,17)/t13-/m0/s1. The van der Waals surface area contributed by atoms with Crippen molar-refractivity contribution in [2.24, 2.45) is 0 Å². The van der Waals surface area contributed by atoms with Crippen molar-refractivity contribution in [3.05, 3.63) is 29.8 Å². The molecule has 0 aliphatic carbocycles. The molecule has 5 heteroatoms. The summed E-state index contributed by atoms with van der Waals surface area (Å²) in [7, 11) is 0. The lowest BCUT2D eigenvalue weighted by atomic mass is 10.2. The van der Waals surface area contributed by atoms with Gasteiger partial charge < -0.3 is 10.1 Å². The van der Waals surface area contributed by atoms with Crippen molar-refractivity contribution < 1.29 is 14.3 Å². The monoisotopic (exact) mass is 260 g/mol. The highest BCUT2D eigenvalue weighted by Gasteiger charge is 2.14. The van der Waals surface area contributed by atoms with Gasteiger partial charge in [-0.05, 0) is 30.7 Å². The first-order chi connectivity index (χ1) is 9.06. The Morgan fingerprint density at radius 2 is 2.00 bits per heavy atom. The molecule has 19 heavy (non-hydrogen) atoms. The van der Waals surface area contributed by atoms with Crippen LogP contribution in [-0.4, -0.2) is 18.0 Å². The maximum absolute atomic E-state index is 11.8. The zero-order valence-corrected chi connectivity index (χ0v) is 11.0. The van der Waals surface area contributed by atoms with Crippen LogP contribution in [0.1, 0.15) is 37.0 Å². The van der Waals surface area contributed by atoms with Crippen LogP contribution in [0.2, 0.25) is 0 Å². The third kappa shape index (κ3) is 4.80. The molecular weight excluding hydrogens is 244 g/mol. The van der Waals surface area contributed by atoms with Gasteiger partial charge in [0, 0.05) is 12.6 Å². The van der Waals surface area contributed by atoms with Gasteiger partial charge in [0.1, 0.15) is 6.10 Å². The van der Waals surface area contributed by atoms with Gasteiger partial charge in [-0.2, -0.15) is 5.26 Å². The first-order valence-corrected chi connectivity index (χ1v) is 6.02. The first-order valence-electron chi connectivity index (χ1n) is 6.02. The Balaban J connectivity index is 2.67. The molecule has 5 nitrogen and oxygen atoms in total. The van der Waals surface area contributed by atoms with Crippen molar-refractivity contribution >= 4 is 17.6 Å². The summed E-state index contributed by atoms with van der Waals surface area (Å²) < 4.78 is 5.20. The van der Waals surface area contributed by atoms with E-state index in [0.29, 0.717) is 17.7 Å². The van der Waals surface area contributed by atoms with E-state index in [1.807, 2.05) is 13.0 Å². The molecule has 0 radical (unpaired) electrons. The number of nitrogens with one attached hydrogen (secondary N) is 1. The second-order valence-electron chi connectivity index (χ2n) is 4.06. The number of carbonyl (C=O) groups is 2. The number of carbonyl (C=O) groups excluding carboxylic acids is 2. The smallest absolute Gasteiger partial charge is 0.338 e. The molecule has 1 atom stereocenters. The highest BCUT2D eigenvalue weighted by molar-refractivity contribution is 5.92. The fourth-order valence-corrected chi connectivity index (χ4v) is 1.48. The number of hydrogen-bond donors (Lipinski definition) is 1. The van der Waals surface area contributed by atoms with Gasteiger partial charge in [0.25, 0.3) is 0 Å². The number of hydrogen-bond acceptors (Lipinski definition) is 4. The number of ether oxygens (including phenoxy) is 1. The number of rotatable bonds is 5. The van der Waals surface area contributed by atoms with Gasteiger partial charge in [-0.1, -0.05) is 6.92 Å². The Bertz CT molecular complexity index is 488. The van der Waals surface area contributed by atoms with Crippen LogP contribution >= 0.6 is 0 Å². The average molecular weight is 260 g/mol.